The van der Waals surface area contributed by atoms with E-state index in [0.717, 1.165) is 34.8 Å². The molecular formula is C76H52N4O16S2. The Morgan fingerprint density at radius 2 is 0.633 bits per heavy atom. The third-order valence-electron chi connectivity index (χ3n) is 16.7. The van der Waals surface area contributed by atoms with Crippen molar-refractivity contribution in [2.75, 3.05) is 0 Å². The van der Waals surface area contributed by atoms with Crippen LogP contribution in [0.4, 0.5) is 9.59 Å². The molecule has 0 unspecified atom stereocenters. The molecule has 0 spiro atoms. The van der Waals surface area contributed by atoms with E-state index in [-0.39, 0.29) is 75.6 Å². The second-order valence-electron chi connectivity index (χ2n) is 22.6. The van der Waals surface area contributed by atoms with Crippen molar-refractivity contribution in [2.24, 2.45) is 0 Å². The fraction of sp³-hybridized carbons (Fsp3) is 0.132. The molecule has 0 fully saturated rings. The minimum Gasteiger partial charge on any atom is -0.459 e. The molecule has 6 amide bonds. The van der Waals surface area contributed by atoms with E-state index in [4.69, 9.17) is 28.4 Å². The maximum atomic E-state index is 16.1. The summed E-state index contributed by atoms with van der Waals surface area (Å²) in [7, 11) is 0. The smallest absolute Gasteiger partial charge is 0.424 e. The van der Waals surface area contributed by atoms with Gasteiger partial charge in [0, 0.05) is 32.0 Å². The van der Waals surface area contributed by atoms with Crippen LogP contribution in [0.25, 0.3) is 21.6 Å². The van der Waals surface area contributed by atoms with Crippen LogP contribution in [-0.2, 0) is 117 Å². The van der Waals surface area contributed by atoms with Crippen molar-refractivity contribution in [3.8, 4) is 12.1 Å². The quantitative estimate of drug-likeness (QED) is 0.0254. The number of thiophene rings is 2. The molecular weight excluding hydrogens is 1290 g/mol. The lowest BCUT2D eigenvalue weighted by Gasteiger charge is -2.30. The molecule has 4 heterocycles. The third kappa shape index (κ3) is 12.0. The van der Waals surface area contributed by atoms with Gasteiger partial charge in [0.2, 0.25) is 10.8 Å². The van der Waals surface area contributed by atoms with Gasteiger partial charge < -0.3 is 28.4 Å². The lowest BCUT2D eigenvalue weighted by atomic mass is 9.74. The summed E-state index contributed by atoms with van der Waals surface area (Å²) in [6.07, 6.45) is 2.06. The molecule has 0 saturated heterocycles. The molecule has 20 nitrogen and oxygen atoms in total. The Kier molecular flexibility index (Phi) is 18.6. The first-order chi connectivity index (χ1) is 47.5. The fourth-order valence-electron chi connectivity index (χ4n) is 11.7. The van der Waals surface area contributed by atoms with E-state index in [1.807, 2.05) is 0 Å². The topological polar surface area (TPSA) is 280 Å². The van der Waals surface area contributed by atoms with Gasteiger partial charge in [-0.3, -0.25) is 38.4 Å². The van der Waals surface area contributed by atoms with Crippen LogP contribution in [0.2, 0.25) is 0 Å². The molecule has 12 rings (SSSR count). The normalized spacial score (nSPS) is 16.0. The van der Waals surface area contributed by atoms with Crippen molar-refractivity contribution in [3.05, 3.63) is 293 Å². The van der Waals surface area contributed by atoms with Crippen LogP contribution in [0.15, 0.2) is 239 Å². The number of allylic oxidation sites excluding steroid dienone is 2. The number of esters is 4. The second kappa shape index (κ2) is 27.8. The van der Waals surface area contributed by atoms with Gasteiger partial charge in [-0.05, 0) is 93.8 Å². The highest BCUT2D eigenvalue weighted by Crippen LogP contribution is 2.60. The summed E-state index contributed by atoms with van der Waals surface area (Å²) in [5.41, 5.74) is -6.33. The van der Waals surface area contributed by atoms with Crippen LogP contribution in [0, 0.1) is 22.7 Å². The first kappa shape index (κ1) is 65.6. The number of benzene rings is 6. The van der Waals surface area contributed by atoms with Gasteiger partial charge in [0.15, 0.2) is 0 Å². The first-order valence-electron chi connectivity index (χ1n) is 30.2. The molecule has 0 atom stereocenters. The largest absolute Gasteiger partial charge is 0.459 e. The summed E-state index contributed by atoms with van der Waals surface area (Å²) in [5, 5.41) is 21.1. The van der Waals surface area contributed by atoms with Crippen molar-refractivity contribution in [1.82, 2.24) is 9.80 Å². The average Bonchev–Trinajstić information content (AvgIpc) is 1.51. The Bertz CT molecular complexity index is 4520. The number of carbonyl (C=O) groups is 10. The summed E-state index contributed by atoms with van der Waals surface area (Å²) >= 11 is 1.75. The summed E-state index contributed by atoms with van der Waals surface area (Å²) in [4.78, 5) is 151. The standard InChI is InChI=1S/C76H52N4O16S2/c1-45-55(65(81)79(67(83)57(45)37-77)73(89)95-43-51-29-17-7-18-30-51)33-53-35-59-61(75(53,69(85)91-39-47-21-9-3-10-22-47)70(86)92-40-48-23-11-4-12-24-48)63-64(97-59)62-60(98-63)36-54(34-56-46(2)58(38-78)68(84)80(66(56)82)74(90)96-44-52-31-19-8-20-32-52)76(62,71(87)93-41-49-25-13-5-14-26-49)72(88)94-42-50-27-15-6-16-28-50/h3-36H,39-44H2,1-2H3/b55-33+,56-34+. The van der Waals surface area contributed by atoms with E-state index in [2.05, 4.69) is 0 Å². The van der Waals surface area contributed by atoms with Crippen molar-refractivity contribution in [1.29, 1.82) is 10.5 Å². The predicted octanol–water partition coefficient (Wildman–Crippen LogP) is 12.2. The molecule has 0 N–H and O–H groups in total. The molecule has 22 heteroatoms. The molecule has 2 aliphatic heterocycles. The minimum absolute atomic E-state index is 0.0720. The Labute approximate surface area is 567 Å². The van der Waals surface area contributed by atoms with Crippen LogP contribution in [0.1, 0.15) is 68.1 Å². The molecule has 0 bridgehead atoms. The number of amides is 6. The number of ether oxygens (including phenoxy) is 6. The number of nitriles is 2. The van der Waals surface area contributed by atoms with Gasteiger partial charge in [0.25, 0.3) is 23.6 Å². The number of carbonyl (C=O) groups excluding carboxylic acids is 10. The highest BCUT2D eigenvalue weighted by Gasteiger charge is 2.63. The van der Waals surface area contributed by atoms with Crippen molar-refractivity contribution in [2.45, 2.75) is 64.3 Å². The van der Waals surface area contributed by atoms with Crippen molar-refractivity contribution >= 4 is 104 Å². The predicted molar refractivity (Wildman–Crippen MR) is 354 cm³/mol. The van der Waals surface area contributed by atoms with Crippen molar-refractivity contribution < 1.29 is 76.4 Å². The molecule has 2 aliphatic carbocycles. The van der Waals surface area contributed by atoms with Gasteiger partial charge in [-0.25, -0.2) is 9.59 Å². The number of fused-ring (bicyclic) bond motifs is 5. The van der Waals surface area contributed by atoms with E-state index in [1.165, 1.54) is 26.0 Å². The summed E-state index contributed by atoms with van der Waals surface area (Å²) < 4.78 is 35.9. The zero-order valence-electron chi connectivity index (χ0n) is 52.0. The Balaban J connectivity index is 1.09. The third-order valence-corrected chi connectivity index (χ3v) is 19.1. The number of hydrogen-bond acceptors (Lipinski definition) is 20. The number of hydrogen-bond donors (Lipinski definition) is 0. The number of imide groups is 6. The number of nitrogens with zero attached hydrogens (tertiary/aromatic N) is 4. The highest BCUT2D eigenvalue weighted by molar-refractivity contribution is 7.29. The maximum absolute atomic E-state index is 16.1. The van der Waals surface area contributed by atoms with Crippen LogP contribution in [0.5, 0.6) is 0 Å². The SMILES string of the molecule is CC1=C(C#N)C(=O)N(C(=O)OCc2ccccc2)C(=O)/C1=C/C1=Cc2sc3c4c(sc3c2C1(C(=O)OCc1ccccc1)C(=O)OCc1ccccc1)C=C(/C=C1/C(=O)N(C(=O)OCc2ccccc2)C(=O)C(C#N)=C1C)C4(C(=O)OCc1ccccc1)C(=O)OCc1ccccc1. The van der Waals surface area contributed by atoms with Crippen LogP contribution in [-0.4, -0.2) is 69.5 Å². The maximum Gasteiger partial charge on any atom is 0.424 e. The average molecular weight is 1340 g/mol. The van der Waals surface area contributed by atoms with E-state index < -0.39 is 119 Å². The first-order valence-corrected chi connectivity index (χ1v) is 31.9. The molecule has 4 aliphatic rings. The Morgan fingerprint density at radius 3 is 0.878 bits per heavy atom. The highest BCUT2D eigenvalue weighted by atomic mass is 32.1. The van der Waals surface area contributed by atoms with Gasteiger partial charge in [0.1, 0.15) is 62.9 Å². The summed E-state index contributed by atoms with van der Waals surface area (Å²) in [5.74, 6) is -10.2. The van der Waals surface area contributed by atoms with Crippen molar-refractivity contribution in [3.63, 3.8) is 0 Å². The minimum atomic E-state index is -2.80. The number of rotatable bonds is 18. The Hall–Kier alpha value is -12.5. The summed E-state index contributed by atoms with van der Waals surface area (Å²) in [6.45, 7) is 0.0314. The van der Waals surface area contributed by atoms with Crippen LogP contribution < -0.4 is 0 Å². The van der Waals surface area contributed by atoms with Gasteiger partial charge >= 0.3 is 36.1 Å². The van der Waals surface area contributed by atoms with Gasteiger partial charge in [-0.2, -0.15) is 20.3 Å². The molecule has 484 valence electrons. The lowest BCUT2D eigenvalue weighted by molar-refractivity contribution is -0.166. The van der Waals surface area contributed by atoms with Crippen LogP contribution in [0.3, 0.4) is 0 Å². The summed E-state index contributed by atoms with van der Waals surface area (Å²) in [6, 6.07) is 54.1. The van der Waals surface area contributed by atoms with E-state index in [1.54, 1.807) is 194 Å². The van der Waals surface area contributed by atoms with Gasteiger partial charge in [-0.1, -0.05) is 182 Å². The van der Waals surface area contributed by atoms with Gasteiger partial charge in [-0.15, -0.1) is 22.7 Å². The molecule has 0 saturated carbocycles. The van der Waals surface area contributed by atoms with Crippen LogP contribution >= 0.6 is 22.7 Å². The van der Waals surface area contributed by atoms with Gasteiger partial charge in [0.05, 0.1) is 9.40 Å². The molecule has 6 aromatic carbocycles. The second-order valence-corrected chi connectivity index (χ2v) is 24.7. The fourth-order valence-corrected chi connectivity index (χ4v) is 14.7. The molecule has 2 aromatic heterocycles. The molecule has 8 aromatic rings. The van der Waals surface area contributed by atoms with E-state index in [9.17, 15) is 39.3 Å². The monoisotopic (exact) mass is 1340 g/mol. The van der Waals surface area contributed by atoms with E-state index in [0.29, 0.717) is 33.4 Å². The zero-order chi connectivity index (χ0) is 68.8. The zero-order valence-corrected chi connectivity index (χ0v) is 53.6. The molecule has 98 heavy (non-hydrogen) atoms. The Morgan fingerprint density at radius 1 is 0.388 bits per heavy atom. The molecule has 0 radical (unpaired) electrons. The van der Waals surface area contributed by atoms with E-state index >= 15 is 19.2 Å². The lowest BCUT2D eigenvalue weighted by Crippen LogP contribution is -2.48.